The van der Waals surface area contributed by atoms with Crippen molar-refractivity contribution in [2.45, 2.75) is 49.8 Å². The number of ether oxygens (including phenoxy) is 1. The summed E-state index contributed by atoms with van der Waals surface area (Å²) in [6.07, 6.45) is 5.59. The number of methoxy groups -OCH3 is 1. The molecule has 0 saturated heterocycles. The van der Waals surface area contributed by atoms with Crippen LogP contribution in [0.5, 0.6) is 0 Å². The molecule has 5 heteroatoms. The van der Waals surface area contributed by atoms with Gasteiger partial charge in [-0.15, -0.1) is 0 Å². The molecule has 1 rings (SSSR count). The summed E-state index contributed by atoms with van der Waals surface area (Å²) in [5, 5.41) is -0.215. The van der Waals surface area contributed by atoms with Gasteiger partial charge < -0.3 is 10.5 Å². The van der Waals surface area contributed by atoms with Gasteiger partial charge in [-0.3, -0.25) is 0 Å². The normalized spacial score (nSPS) is 29.9. The highest BCUT2D eigenvalue weighted by Crippen LogP contribution is 2.36. The van der Waals surface area contributed by atoms with Crippen LogP contribution in [0.3, 0.4) is 0 Å². The third-order valence-corrected chi connectivity index (χ3v) is 5.76. The summed E-state index contributed by atoms with van der Waals surface area (Å²) >= 11 is 0. The van der Waals surface area contributed by atoms with Crippen LogP contribution in [-0.4, -0.2) is 39.2 Å². The Balaban J connectivity index is 2.78. The molecule has 0 heterocycles. The molecule has 0 bridgehead atoms. The Labute approximate surface area is 105 Å². The predicted molar refractivity (Wildman–Crippen MR) is 69.7 cm³/mol. The van der Waals surface area contributed by atoms with E-state index in [4.69, 9.17) is 10.5 Å². The number of nitrogens with two attached hydrogens (primary N) is 1. The lowest BCUT2D eigenvalue weighted by Crippen LogP contribution is -2.53. The lowest BCUT2D eigenvalue weighted by Gasteiger charge is -2.40. The van der Waals surface area contributed by atoms with Crippen LogP contribution in [-0.2, 0) is 14.6 Å². The SMILES string of the molecule is CCC(N)(COC)C1CCCC(S(C)(=O)=O)C1. The van der Waals surface area contributed by atoms with Crippen LogP contribution < -0.4 is 5.73 Å². The summed E-state index contributed by atoms with van der Waals surface area (Å²) in [5.41, 5.74) is 5.99. The third kappa shape index (κ3) is 3.66. The minimum Gasteiger partial charge on any atom is -0.383 e. The zero-order valence-electron chi connectivity index (χ0n) is 11.1. The molecule has 0 amide bonds. The molecule has 3 atom stereocenters. The van der Waals surface area contributed by atoms with Gasteiger partial charge in [0.1, 0.15) is 9.84 Å². The van der Waals surface area contributed by atoms with Crippen LogP contribution in [0, 0.1) is 5.92 Å². The van der Waals surface area contributed by atoms with E-state index in [1.54, 1.807) is 7.11 Å². The Kier molecular flexibility index (Phi) is 4.98. The van der Waals surface area contributed by atoms with Gasteiger partial charge in [0.25, 0.3) is 0 Å². The number of rotatable bonds is 5. The second kappa shape index (κ2) is 5.67. The van der Waals surface area contributed by atoms with Gasteiger partial charge in [-0.1, -0.05) is 13.3 Å². The molecule has 3 unspecified atom stereocenters. The van der Waals surface area contributed by atoms with Gasteiger partial charge in [0, 0.05) is 18.9 Å². The second-order valence-corrected chi connectivity index (χ2v) is 7.66. The Morgan fingerprint density at radius 1 is 1.41 bits per heavy atom. The maximum Gasteiger partial charge on any atom is 0.150 e. The van der Waals surface area contributed by atoms with Crippen molar-refractivity contribution in [3.8, 4) is 0 Å². The van der Waals surface area contributed by atoms with E-state index in [9.17, 15) is 8.42 Å². The number of hydrogen-bond donors (Lipinski definition) is 1. The molecule has 0 aromatic rings. The molecule has 0 spiro atoms. The van der Waals surface area contributed by atoms with Crippen LogP contribution in [0.25, 0.3) is 0 Å². The van der Waals surface area contributed by atoms with Gasteiger partial charge in [0.15, 0.2) is 0 Å². The number of sulfone groups is 1. The highest BCUT2D eigenvalue weighted by molar-refractivity contribution is 7.91. The molecule has 17 heavy (non-hydrogen) atoms. The molecule has 0 aliphatic heterocycles. The van der Waals surface area contributed by atoms with Gasteiger partial charge in [-0.25, -0.2) is 8.42 Å². The van der Waals surface area contributed by atoms with Gasteiger partial charge in [-0.2, -0.15) is 0 Å². The van der Waals surface area contributed by atoms with E-state index in [-0.39, 0.29) is 16.7 Å². The van der Waals surface area contributed by atoms with Crippen LogP contribution >= 0.6 is 0 Å². The van der Waals surface area contributed by atoms with Gasteiger partial charge in [0.2, 0.25) is 0 Å². The molecule has 0 aromatic carbocycles. The second-order valence-electron chi connectivity index (χ2n) is 5.33. The topological polar surface area (TPSA) is 69.4 Å². The smallest absolute Gasteiger partial charge is 0.150 e. The zero-order valence-corrected chi connectivity index (χ0v) is 11.9. The van der Waals surface area contributed by atoms with E-state index in [1.165, 1.54) is 6.26 Å². The summed E-state index contributed by atoms with van der Waals surface area (Å²) < 4.78 is 28.5. The fourth-order valence-corrected chi connectivity index (χ4v) is 4.01. The third-order valence-electron chi connectivity index (χ3n) is 4.12. The van der Waals surface area contributed by atoms with Crippen molar-refractivity contribution in [1.29, 1.82) is 0 Å². The molecule has 4 nitrogen and oxygen atoms in total. The minimum absolute atomic E-state index is 0.215. The highest BCUT2D eigenvalue weighted by atomic mass is 32.2. The Morgan fingerprint density at radius 3 is 2.53 bits per heavy atom. The molecule has 102 valence electrons. The van der Waals surface area contributed by atoms with E-state index < -0.39 is 9.84 Å². The first-order chi connectivity index (χ1) is 7.83. The zero-order chi connectivity index (χ0) is 13.1. The van der Waals surface area contributed by atoms with Crippen molar-refractivity contribution in [3.63, 3.8) is 0 Å². The quantitative estimate of drug-likeness (QED) is 0.812. The molecular formula is C12H25NO3S. The monoisotopic (exact) mass is 263 g/mol. The average Bonchev–Trinajstić information content (AvgIpc) is 2.28. The van der Waals surface area contributed by atoms with E-state index in [0.29, 0.717) is 13.0 Å². The summed E-state index contributed by atoms with van der Waals surface area (Å²) in [6, 6.07) is 0. The summed E-state index contributed by atoms with van der Waals surface area (Å²) in [7, 11) is -1.29. The lowest BCUT2D eigenvalue weighted by atomic mass is 9.74. The standard InChI is InChI=1S/C12H25NO3S/c1-4-12(13,9-16-2)10-6-5-7-11(8-10)17(3,14)15/h10-11H,4-9,13H2,1-3H3. The first-order valence-corrected chi connectivity index (χ1v) is 8.25. The maximum absolute atomic E-state index is 11.6. The van der Waals surface area contributed by atoms with E-state index in [1.807, 2.05) is 6.92 Å². The largest absolute Gasteiger partial charge is 0.383 e. The molecule has 1 saturated carbocycles. The summed E-state index contributed by atoms with van der Waals surface area (Å²) in [5.74, 6) is 0.251. The summed E-state index contributed by atoms with van der Waals surface area (Å²) in [6.45, 7) is 2.55. The first-order valence-electron chi connectivity index (χ1n) is 6.30. The van der Waals surface area contributed by atoms with E-state index >= 15 is 0 Å². The van der Waals surface area contributed by atoms with Crippen LogP contribution in [0.1, 0.15) is 39.0 Å². The fourth-order valence-electron chi connectivity index (χ4n) is 2.83. The van der Waals surface area contributed by atoms with Crippen molar-refractivity contribution >= 4 is 9.84 Å². The first kappa shape index (κ1) is 14.9. The molecule has 1 aliphatic carbocycles. The van der Waals surface area contributed by atoms with Crippen LogP contribution in [0.4, 0.5) is 0 Å². The van der Waals surface area contributed by atoms with Crippen molar-refractivity contribution in [3.05, 3.63) is 0 Å². The van der Waals surface area contributed by atoms with Crippen molar-refractivity contribution in [2.75, 3.05) is 20.0 Å². The van der Waals surface area contributed by atoms with Gasteiger partial charge >= 0.3 is 0 Å². The van der Waals surface area contributed by atoms with Crippen molar-refractivity contribution in [2.24, 2.45) is 11.7 Å². The van der Waals surface area contributed by atoms with E-state index in [2.05, 4.69) is 0 Å². The molecule has 1 fully saturated rings. The van der Waals surface area contributed by atoms with Crippen LogP contribution in [0.2, 0.25) is 0 Å². The molecule has 0 aromatic heterocycles. The fraction of sp³-hybridized carbons (Fsp3) is 1.00. The van der Waals surface area contributed by atoms with Crippen molar-refractivity contribution in [1.82, 2.24) is 0 Å². The summed E-state index contributed by atoms with van der Waals surface area (Å²) in [4.78, 5) is 0. The van der Waals surface area contributed by atoms with Crippen molar-refractivity contribution < 1.29 is 13.2 Å². The Morgan fingerprint density at radius 2 is 2.06 bits per heavy atom. The van der Waals surface area contributed by atoms with Gasteiger partial charge in [-0.05, 0) is 31.6 Å². The van der Waals surface area contributed by atoms with Crippen LogP contribution in [0.15, 0.2) is 0 Å². The lowest BCUT2D eigenvalue weighted by molar-refractivity contribution is 0.0765. The molecule has 2 N–H and O–H groups in total. The molecule has 0 radical (unpaired) electrons. The molecule has 1 aliphatic rings. The average molecular weight is 263 g/mol. The Hall–Kier alpha value is -0.130. The van der Waals surface area contributed by atoms with E-state index in [0.717, 1.165) is 25.7 Å². The minimum atomic E-state index is -2.94. The Bertz CT molecular complexity index is 342. The molecular weight excluding hydrogens is 238 g/mol. The maximum atomic E-state index is 11.6. The van der Waals surface area contributed by atoms with Gasteiger partial charge in [0.05, 0.1) is 11.9 Å². The predicted octanol–water partition coefficient (Wildman–Crippen LogP) is 1.34. The number of hydrogen-bond acceptors (Lipinski definition) is 4. The highest BCUT2D eigenvalue weighted by Gasteiger charge is 2.39.